The van der Waals surface area contributed by atoms with Gasteiger partial charge in [0.25, 0.3) is 0 Å². The Hall–Kier alpha value is -2.88. The molecule has 3 rings (SSSR count). The number of hydrogen-bond acceptors (Lipinski definition) is 3. The number of benzene rings is 3. The van der Waals surface area contributed by atoms with Crippen LogP contribution in [0.5, 0.6) is 5.75 Å². The van der Waals surface area contributed by atoms with Gasteiger partial charge in [0.05, 0.1) is 6.10 Å². The normalized spacial score (nSPS) is 13.1. The van der Waals surface area contributed by atoms with Gasteiger partial charge in [-0.25, -0.2) is 0 Å². The molecule has 0 saturated carbocycles. The van der Waals surface area contributed by atoms with E-state index in [-0.39, 0.29) is 6.10 Å². The van der Waals surface area contributed by atoms with E-state index < -0.39 is 0 Å². The van der Waals surface area contributed by atoms with Gasteiger partial charge in [0.2, 0.25) is 0 Å². The van der Waals surface area contributed by atoms with Crippen LogP contribution in [-0.4, -0.2) is 45.4 Å². The van der Waals surface area contributed by atoms with Crippen LogP contribution in [0.2, 0.25) is 0 Å². The average Bonchev–Trinajstić information content (AvgIpc) is 2.78. The second-order valence-electron chi connectivity index (χ2n) is 7.57. The third-order valence-electron chi connectivity index (χ3n) is 5.13. The van der Waals surface area contributed by atoms with Gasteiger partial charge in [-0.2, -0.15) is 0 Å². The molecule has 3 aromatic rings. The summed E-state index contributed by atoms with van der Waals surface area (Å²) in [4.78, 5) is 2.11. The fourth-order valence-corrected chi connectivity index (χ4v) is 3.46. The smallest absolute Gasteiger partial charge is 0.119 e. The lowest BCUT2D eigenvalue weighted by atomic mass is 9.87. The van der Waals surface area contributed by atoms with E-state index in [0.29, 0.717) is 6.61 Å². The molecule has 0 aliphatic rings. The first-order valence-electron chi connectivity index (χ1n) is 10.4. The van der Waals surface area contributed by atoms with Crippen molar-refractivity contribution >= 4 is 11.1 Å². The highest BCUT2D eigenvalue weighted by atomic mass is 16.5. The molecule has 3 aromatic carbocycles. The molecule has 0 N–H and O–H groups in total. The van der Waals surface area contributed by atoms with E-state index in [1.165, 1.54) is 16.7 Å². The zero-order chi connectivity index (χ0) is 21.3. The Morgan fingerprint density at radius 3 is 1.83 bits per heavy atom. The highest BCUT2D eigenvalue weighted by Crippen LogP contribution is 2.35. The molecule has 0 radical (unpaired) electrons. The minimum atomic E-state index is -0.0568. The fraction of sp³-hybridized carbons (Fsp3) is 0.259. The van der Waals surface area contributed by atoms with E-state index in [1.807, 2.05) is 38.4 Å². The van der Waals surface area contributed by atoms with Crippen LogP contribution in [0.3, 0.4) is 0 Å². The predicted molar refractivity (Wildman–Crippen MR) is 126 cm³/mol. The van der Waals surface area contributed by atoms with Crippen molar-refractivity contribution in [3.63, 3.8) is 0 Å². The second-order valence-corrected chi connectivity index (χ2v) is 7.57. The van der Waals surface area contributed by atoms with Gasteiger partial charge < -0.3 is 14.4 Å². The lowest BCUT2D eigenvalue weighted by Gasteiger charge is -2.22. The molecule has 0 aromatic heterocycles. The summed E-state index contributed by atoms with van der Waals surface area (Å²) in [6.45, 7) is 3.66. The molecule has 0 heterocycles. The average molecular weight is 402 g/mol. The second kappa shape index (κ2) is 10.8. The van der Waals surface area contributed by atoms with E-state index >= 15 is 0 Å². The van der Waals surface area contributed by atoms with Gasteiger partial charge in [0, 0.05) is 13.7 Å². The van der Waals surface area contributed by atoms with Gasteiger partial charge in [-0.05, 0) is 61.0 Å². The first-order valence-corrected chi connectivity index (χ1v) is 10.4. The molecule has 0 amide bonds. The summed E-state index contributed by atoms with van der Waals surface area (Å²) in [5.74, 6) is 0.883. The van der Waals surface area contributed by atoms with Gasteiger partial charge in [-0.15, -0.1) is 0 Å². The third kappa shape index (κ3) is 5.59. The topological polar surface area (TPSA) is 21.7 Å². The van der Waals surface area contributed by atoms with Crippen molar-refractivity contribution < 1.29 is 9.47 Å². The van der Waals surface area contributed by atoms with Gasteiger partial charge in [0.1, 0.15) is 12.4 Å². The van der Waals surface area contributed by atoms with Crippen LogP contribution in [0.1, 0.15) is 23.6 Å². The highest BCUT2D eigenvalue weighted by Gasteiger charge is 2.19. The van der Waals surface area contributed by atoms with Crippen molar-refractivity contribution in [2.75, 3.05) is 34.4 Å². The first kappa shape index (κ1) is 21.8. The Labute approximate surface area is 180 Å². The van der Waals surface area contributed by atoms with Crippen molar-refractivity contribution in [2.45, 2.75) is 13.0 Å². The maximum absolute atomic E-state index is 5.89. The number of methoxy groups -OCH3 is 1. The van der Waals surface area contributed by atoms with E-state index in [9.17, 15) is 0 Å². The highest BCUT2D eigenvalue weighted by molar-refractivity contribution is 5.99. The Kier molecular flexibility index (Phi) is 7.83. The third-order valence-corrected chi connectivity index (χ3v) is 5.13. The van der Waals surface area contributed by atoms with E-state index in [0.717, 1.165) is 23.4 Å². The summed E-state index contributed by atoms with van der Waals surface area (Å²) in [5, 5.41) is 0. The summed E-state index contributed by atoms with van der Waals surface area (Å²) in [5.41, 5.74) is 5.82. The van der Waals surface area contributed by atoms with Crippen LogP contribution < -0.4 is 4.74 Å². The van der Waals surface area contributed by atoms with Crippen molar-refractivity contribution in [3.8, 4) is 5.75 Å². The van der Waals surface area contributed by atoms with Gasteiger partial charge in [-0.1, -0.05) is 72.8 Å². The molecular weight excluding hydrogens is 370 g/mol. The quantitative estimate of drug-likeness (QED) is 0.434. The minimum absolute atomic E-state index is 0.0568. The van der Waals surface area contributed by atoms with E-state index in [4.69, 9.17) is 9.47 Å². The Balaban J connectivity index is 2.08. The van der Waals surface area contributed by atoms with Crippen LogP contribution in [-0.2, 0) is 4.74 Å². The van der Waals surface area contributed by atoms with Crippen molar-refractivity contribution in [2.24, 2.45) is 0 Å². The first-order chi connectivity index (χ1) is 14.6. The molecule has 0 bridgehead atoms. The summed E-state index contributed by atoms with van der Waals surface area (Å²) in [6.07, 6.45) is -0.0568. The van der Waals surface area contributed by atoms with Crippen LogP contribution in [0.4, 0.5) is 0 Å². The Morgan fingerprint density at radius 1 is 0.767 bits per heavy atom. The van der Waals surface area contributed by atoms with Gasteiger partial charge in [0.15, 0.2) is 0 Å². The zero-order valence-electron chi connectivity index (χ0n) is 18.3. The summed E-state index contributed by atoms with van der Waals surface area (Å²) in [6, 6.07) is 29.4. The van der Waals surface area contributed by atoms with Crippen molar-refractivity contribution in [1.29, 1.82) is 0 Å². The monoisotopic (exact) mass is 401 g/mol. The van der Waals surface area contributed by atoms with E-state index in [2.05, 4.69) is 72.5 Å². The van der Waals surface area contributed by atoms with Crippen molar-refractivity contribution in [3.05, 3.63) is 102 Å². The molecule has 0 spiro atoms. The standard InChI is InChI=1S/C27H31NO2/c1-21(29-4)26(22-11-7-5-8-12-22)27(23-13-9-6-10-14-23)24-15-17-25(18-16-24)30-20-19-28(2)3/h5-18,21H,19-20H2,1-4H3/b27-26+. The van der Waals surface area contributed by atoms with Crippen molar-refractivity contribution in [1.82, 2.24) is 4.90 Å². The summed E-state index contributed by atoms with van der Waals surface area (Å²) in [7, 11) is 5.86. The largest absolute Gasteiger partial charge is 0.492 e. The van der Waals surface area contributed by atoms with Crippen LogP contribution in [0, 0.1) is 0 Å². The molecule has 0 saturated heterocycles. The Bertz CT molecular complexity index is 932. The lowest BCUT2D eigenvalue weighted by molar-refractivity contribution is 0.164. The molecule has 1 unspecified atom stereocenters. The molecule has 1 atom stereocenters. The lowest BCUT2D eigenvalue weighted by Crippen LogP contribution is -2.19. The van der Waals surface area contributed by atoms with E-state index in [1.54, 1.807) is 7.11 Å². The molecule has 0 aliphatic carbocycles. The minimum Gasteiger partial charge on any atom is -0.492 e. The van der Waals surface area contributed by atoms with Gasteiger partial charge >= 0.3 is 0 Å². The Morgan fingerprint density at radius 2 is 1.30 bits per heavy atom. The number of hydrogen-bond donors (Lipinski definition) is 0. The molecule has 0 fully saturated rings. The number of ether oxygens (including phenoxy) is 2. The zero-order valence-corrected chi connectivity index (χ0v) is 18.3. The van der Waals surface area contributed by atoms with Crippen LogP contribution >= 0.6 is 0 Å². The summed E-state index contributed by atoms with van der Waals surface area (Å²) < 4.78 is 11.7. The SMILES string of the molecule is COC(C)/C(=C(/c1ccccc1)c1ccc(OCCN(C)C)cc1)c1ccccc1. The number of nitrogens with zero attached hydrogens (tertiary/aromatic N) is 1. The molecule has 3 nitrogen and oxygen atoms in total. The molecule has 0 aliphatic heterocycles. The summed E-state index contributed by atoms with van der Waals surface area (Å²) >= 11 is 0. The maximum atomic E-state index is 5.89. The van der Waals surface area contributed by atoms with Gasteiger partial charge in [-0.3, -0.25) is 0 Å². The number of likely N-dealkylation sites (N-methyl/N-ethyl adjacent to an activating group) is 1. The number of rotatable bonds is 9. The molecular formula is C27H31NO2. The maximum Gasteiger partial charge on any atom is 0.119 e. The molecule has 30 heavy (non-hydrogen) atoms. The van der Waals surface area contributed by atoms with Crippen LogP contribution in [0.15, 0.2) is 84.9 Å². The fourth-order valence-electron chi connectivity index (χ4n) is 3.46. The molecule has 3 heteroatoms. The van der Waals surface area contributed by atoms with Crippen LogP contribution in [0.25, 0.3) is 11.1 Å². The predicted octanol–water partition coefficient (Wildman–Crippen LogP) is 5.62. The molecule has 156 valence electrons.